The first-order chi connectivity index (χ1) is 8.60. The van der Waals surface area contributed by atoms with E-state index in [9.17, 15) is 0 Å². The van der Waals surface area contributed by atoms with E-state index in [2.05, 4.69) is 15.1 Å². The van der Waals surface area contributed by atoms with Crippen LogP contribution < -0.4 is 10.5 Å². The Kier molecular flexibility index (Phi) is 3.57. The molecule has 2 rings (SSSR count). The molecule has 0 saturated heterocycles. The molecule has 6 heteroatoms. The number of hydrogen-bond donors (Lipinski definition) is 1. The fraction of sp³-hybridized carbons (Fsp3) is 0.417. The molecule has 2 heterocycles. The molecular weight excluding hydrogens is 230 g/mol. The maximum absolute atomic E-state index is 6.14. The van der Waals surface area contributed by atoms with Crippen LogP contribution in [0.15, 0.2) is 18.5 Å². The second-order valence-electron chi connectivity index (χ2n) is 4.20. The molecule has 2 aromatic heterocycles. The Morgan fingerprint density at radius 3 is 2.78 bits per heavy atom. The molecule has 2 aromatic rings. The topological polar surface area (TPSA) is 78.9 Å². The van der Waals surface area contributed by atoms with Crippen LogP contribution >= 0.6 is 0 Å². The van der Waals surface area contributed by atoms with Crippen molar-refractivity contribution >= 4 is 0 Å². The van der Waals surface area contributed by atoms with E-state index in [4.69, 9.17) is 10.5 Å². The van der Waals surface area contributed by atoms with Crippen molar-refractivity contribution in [1.29, 1.82) is 0 Å². The number of methoxy groups -OCH3 is 1. The van der Waals surface area contributed by atoms with Gasteiger partial charge < -0.3 is 10.5 Å². The Labute approximate surface area is 106 Å². The molecule has 0 bridgehead atoms. The van der Waals surface area contributed by atoms with Crippen molar-refractivity contribution in [2.75, 3.05) is 7.11 Å². The third-order valence-corrected chi connectivity index (χ3v) is 2.78. The summed E-state index contributed by atoms with van der Waals surface area (Å²) in [6, 6.07) is 3.59. The zero-order chi connectivity index (χ0) is 13.1. The largest absolute Gasteiger partial charge is 0.481 e. The van der Waals surface area contributed by atoms with E-state index in [0.29, 0.717) is 12.3 Å². The Balaban J connectivity index is 2.16. The highest BCUT2D eigenvalue weighted by Crippen LogP contribution is 2.17. The number of ether oxygens (including phenoxy) is 1. The molecule has 2 N–H and O–H groups in total. The molecule has 96 valence electrons. The lowest BCUT2D eigenvalue weighted by molar-refractivity contribution is 0.395. The Bertz CT molecular complexity index is 537. The highest BCUT2D eigenvalue weighted by atomic mass is 16.5. The lowest BCUT2D eigenvalue weighted by Gasteiger charge is -2.11. The van der Waals surface area contributed by atoms with Crippen molar-refractivity contribution < 1.29 is 4.74 Å². The molecule has 0 saturated carbocycles. The summed E-state index contributed by atoms with van der Waals surface area (Å²) in [5.74, 6) is 0.525. The number of rotatable bonds is 4. The normalized spacial score (nSPS) is 12.4. The van der Waals surface area contributed by atoms with Crippen molar-refractivity contribution in [3.8, 4) is 5.88 Å². The van der Waals surface area contributed by atoms with Crippen molar-refractivity contribution in [3.63, 3.8) is 0 Å². The molecule has 18 heavy (non-hydrogen) atoms. The van der Waals surface area contributed by atoms with Gasteiger partial charge in [0, 0.05) is 25.2 Å². The van der Waals surface area contributed by atoms with Gasteiger partial charge in [-0.3, -0.25) is 4.68 Å². The van der Waals surface area contributed by atoms with Crippen LogP contribution in [0.2, 0.25) is 0 Å². The van der Waals surface area contributed by atoms with Gasteiger partial charge in [-0.1, -0.05) is 0 Å². The molecular formula is C12H17N5O. The Hall–Kier alpha value is -1.95. The molecule has 0 aliphatic rings. The summed E-state index contributed by atoms with van der Waals surface area (Å²) in [6.07, 6.45) is 2.14. The van der Waals surface area contributed by atoms with Gasteiger partial charge in [0.25, 0.3) is 0 Å². The van der Waals surface area contributed by atoms with E-state index in [1.165, 1.54) is 6.33 Å². The van der Waals surface area contributed by atoms with Crippen LogP contribution in [-0.4, -0.2) is 26.9 Å². The van der Waals surface area contributed by atoms with Gasteiger partial charge in [-0.15, -0.1) is 0 Å². The molecule has 0 fully saturated rings. The average molecular weight is 247 g/mol. The fourth-order valence-corrected chi connectivity index (χ4v) is 1.85. The SMILES string of the molecule is COc1cc(C(N)Cc2cc(C)nn2C)ncn1. The first-order valence-electron chi connectivity index (χ1n) is 5.71. The van der Waals surface area contributed by atoms with Crippen molar-refractivity contribution in [2.24, 2.45) is 12.8 Å². The molecule has 0 aliphatic carbocycles. The third-order valence-electron chi connectivity index (χ3n) is 2.78. The maximum Gasteiger partial charge on any atom is 0.216 e. The van der Waals surface area contributed by atoms with Gasteiger partial charge in [0.2, 0.25) is 5.88 Å². The van der Waals surface area contributed by atoms with Crippen molar-refractivity contribution in [2.45, 2.75) is 19.4 Å². The van der Waals surface area contributed by atoms with Crippen LogP contribution in [-0.2, 0) is 13.5 Å². The summed E-state index contributed by atoms with van der Waals surface area (Å²) >= 11 is 0. The van der Waals surface area contributed by atoms with Gasteiger partial charge in [-0.05, 0) is 13.0 Å². The summed E-state index contributed by atoms with van der Waals surface area (Å²) in [4.78, 5) is 8.14. The van der Waals surface area contributed by atoms with Gasteiger partial charge in [0.05, 0.1) is 24.5 Å². The fourth-order valence-electron chi connectivity index (χ4n) is 1.85. The summed E-state index contributed by atoms with van der Waals surface area (Å²) in [5, 5.41) is 4.30. The minimum atomic E-state index is -0.198. The predicted molar refractivity (Wildman–Crippen MR) is 67.2 cm³/mol. The number of aromatic nitrogens is 4. The molecule has 1 unspecified atom stereocenters. The summed E-state index contributed by atoms with van der Waals surface area (Å²) in [5.41, 5.74) is 8.97. The first-order valence-corrected chi connectivity index (χ1v) is 5.71. The van der Waals surface area contributed by atoms with Crippen molar-refractivity contribution in [3.05, 3.63) is 35.5 Å². The number of hydrogen-bond acceptors (Lipinski definition) is 5. The Morgan fingerprint density at radius 2 is 2.17 bits per heavy atom. The molecule has 0 amide bonds. The quantitative estimate of drug-likeness (QED) is 0.863. The van der Waals surface area contributed by atoms with E-state index in [-0.39, 0.29) is 6.04 Å². The van der Waals surface area contributed by atoms with Crippen LogP contribution in [0.3, 0.4) is 0 Å². The Morgan fingerprint density at radius 1 is 1.39 bits per heavy atom. The van der Waals surface area contributed by atoms with Crippen LogP contribution in [0.4, 0.5) is 0 Å². The highest BCUT2D eigenvalue weighted by molar-refractivity contribution is 5.19. The molecule has 0 radical (unpaired) electrons. The van der Waals surface area contributed by atoms with E-state index in [1.807, 2.05) is 24.7 Å². The van der Waals surface area contributed by atoms with Gasteiger partial charge in [-0.2, -0.15) is 5.10 Å². The lowest BCUT2D eigenvalue weighted by atomic mass is 10.1. The minimum absolute atomic E-state index is 0.198. The highest BCUT2D eigenvalue weighted by Gasteiger charge is 2.13. The van der Waals surface area contributed by atoms with Gasteiger partial charge in [0.1, 0.15) is 6.33 Å². The van der Waals surface area contributed by atoms with Gasteiger partial charge in [-0.25, -0.2) is 9.97 Å². The summed E-state index contributed by atoms with van der Waals surface area (Å²) in [6.45, 7) is 1.96. The van der Waals surface area contributed by atoms with Crippen LogP contribution in [0.25, 0.3) is 0 Å². The summed E-state index contributed by atoms with van der Waals surface area (Å²) < 4.78 is 6.90. The number of nitrogens with two attached hydrogens (primary N) is 1. The zero-order valence-electron chi connectivity index (χ0n) is 10.8. The van der Waals surface area contributed by atoms with Gasteiger partial charge >= 0.3 is 0 Å². The molecule has 6 nitrogen and oxygen atoms in total. The smallest absolute Gasteiger partial charge is 0.216 e. The second-order valence-corrected chi connectivity index (χ2v) is 4.20. The third kappa shape index (κ3) is 2.65. The molecule has 0 spiro atoms. The zero-order valence-corrected chi connectivity index (χ0v) is 10.8. The van der Waals surface area contributed by atoms with E-state index in [1.54, 1.807) is 13.2 Å². The van der Waals surface area contributed by atoms with Crippen LogP contribution in [0.5, 0.6) is 5.88 Å². The number of aryl methyl sites for hydroxylation is 2. The van der Waals surface area contributed by atoms with E-state index < -0.39 is 0 Å². The van der Waals surface area contributed by atoms with Crippen molar-refractivity contribution in [1.82, 2.24) is 19.7 Å². The monoisotopic (exact) mass is 247 g/mol. The van der Waals surface area contributed by atoms with E-state index in [0.717, 1.165) is 17.1 Å². The van der Waals surface area contributed by atoms with Crippen LogP contribution in [0.1, 0.15) is 23.1 Å². The van der Waals surface area contributed by atoms with E-state index >= 15 is 0 Å². The lowest BCUT2D eigenvalue weighted by Crippen LogP contribution is -2.17. The molecule has 1 atom stereocenters. The standard InChI is InChI=1S/C12H17N5O/c1-8-4-9(17(2)16-8)5-10(13)11-6-12(18-3)15-7-14-11/h4,6-7,10H,5,13H2,1-3H3. The number of nitrogens with zero attached hydrogens (tertiary/aromatic N) is 4. The van der Waals surface area contributed by atoms with Crippen LogP contribution in [0, 0.1) is 6.92 Å². The first kappa shape index (κ1) is 12.5. The predicted octanol–water partition coefficient (Wildman–Crippen LogP) is 0.770. The average Bonchev–Trinajstić information content (AvgIpc) is 2.68. The molecule has 0 aliphatic heterocycles. The van der Waals surface area contributed by atoms with Gasteiger partial charge in [0.15, 0.2) is 0 Å². The minimum Gasteiger partial charge on any atom is -0.481 e. The maximum atomic E-state index is 6.14. The summed E-state index contributed by atoms with van der Waals surface area (Å²) in [7, 11) is 3.48. The second kappa shape index (κ2) is 5.14. The molecule has 0 aromatic carbocycles.